The molecule has 0 fully saturated rings. The molecular weight excluding hydrogens is 286 g/mol. The lowest BCUT2D eigenvalue weighted by atomic mass is 10.0. The van der Waals surface area contributed by atoms with Crippen LogP contribution < -0.4 is 19.9 Å². The average Bonchev–Trinajstić information content (AvgIpc) is 2.44. The third-order valence-electron chi connectivity index (χ3n) is 2.74. The number of halogens is 1. The van der Waals surface area contributed by atoms with Gasteiger partial charge in [0, 0.05) is 18.2 Å². The average molecular weight is 306 g/mol. The Bertz CT molecular complexity index is 427. The van der Waals surface area contributed by atoms with E-state index in [-0.39, 0.29) is 18.8 Å². The van der Waals surface area contributed by atoms with Crippen LogP contribution in [0.2, 0.25) is 0 Å². The lowest BCUT2D eigenvalue weighted by Crippen LogP contribution is -2.18. The van der Waals surface area contributed by atoms with Crippen molar-refractivity contribution in [3.63, 3.8) is 0 Å². The van der Waals surface area contributed by atoms with Crippen molar-refractivity contribution in [2.24, 2.45) is 5.73 Å². The molecule has 1 atom stereocenters. The molecule has 1 aromatic carbocycles. The Morgan fingerprint density at radius 3 is 1.95 bits per heavy atom. The highest BCUT2D eigenvalue weighted by Crippen LogP contribution is 2.38. The molecule has 0 spiro atoms. The first-order valence-electron chi connectivity index (χ1n) is 5.69. The van der Waals surface area contributed by atoms with Crippen molar-refractivity contribution in [2.45, 2.75) is 12.5 Å². The molecule has 114 valence electrons. The number of hydrogen-bond donors (Lipinski definition) is 1. The lowest BCUT2D eigenvalue weighted by Gasteiger charge is -2.19. The number of ether oxygens (including phenoxy) is 4. The Morgan fingerprint density at radius 1 is 1.10 bits per heavy atom. The molecule has 0 aliphatic carbocycles. The van der Waals surface area contributed by atoms with Gasteiger partial charge in [-0.1, -0.05) is 0 Å². The van der Waals surface area contributed by atoms with Crippen molar-refractivity contribution in [2.75, 3.05) is 28.4 Å². The molecule has 0 saturated heterocycles. The predicted molar refractivity (Wildman–Crippen MR) is 76.9 cm³/mol. The molecule has 0 saturated carbocycles. The summed E-state index contributed by atoms with van der Waals surface area (Å²) in [4.78, 5) is 11.3. The number of carbonyl (C=O) groups excluding carboxylic acids is 1. The molecule has 0 unspecified atom stereocenters. The van der Waals surface area contributed by atoms with E-state index in [4.69, 9.17) is 19.9 Å². The van der Waals surface area contributed by atoms with Crippen LogP contribution in [-0.4, -0.2) is 34.4 Å². The zero-order valence-electron chi connectivity index (χ0n) is 12.0. The molecule has 0 radical (unpaired) electrons. The number of benzene rings is 1. The first-order valence-corrected chi connectivity index (χ1v) is 5.69. The van der Waals surface area contributed by atoms with E-state index in [9.17, 15) is 4.79 Å². The Hall–Kier alpha value is -1.66. The minimum atomic E-state index is -0.580. The molecule has 0 heterocycles. The van der Waals surface area contributed by atoms with Gasteiger partial charge >= 0.3 is 5.97 Å². The molecule has 2 N–H and O–H groups in total. The van der Waals surface area contributed by atoms with E-state index in [1.807, 2.05) is 0 Å². The highest BCUT2D eigenvalue weighted by Gasteiger charge is 2.22. The van der Waals surface area contributed by atoms with Crippen LogP contribution in [0.3, 0.4) is 0 Å². The number of hydrogen-bond acceptors (Lipinski definition) is 6. The molecular formula is C13H20ClNO5. The SMILES string of the molecule is COC(=O)C[C@H](N)c1c(OC)cc(OC)cc1OC.Cl. The van der Waals surface area contributed by atoms with Crippen molar-refractivity contribution in [3.05, 3.63) is 17.7 Å². The van der Waals surface area contributed by atoms with Gasteiger partial charge in [0.25, 0.3) is 0 Å². The Labute approximate surface area is 124 Å². The predicted octanol–water partition coefficient (Wildman–Crippen LogP) is 1.70. The number of methoxy groups -OCH3 is 4. The molecule has 0 aromatic heterocycles. The summed E-state index contributed by atoms with van der Waals surface area (Å²) in [5.74, 6) is 1.20. The molecule has 20 heavy (non-hydrogen) atoms. The summed E-state index contributed by atoms with van der Waals surface area (Å²) < 4.78 is 20.3. The monoisotopic (exact) mass is 305 g/mol. The summed E-state index contributed by atoms with van der Waals surface area (Å²) in [7, 11) is 5.89. The van der Waals surface area contributed by atoms with Crippen LogP contribution >= 0.6 is 12.4 Å². The third-order valence-corrected chi connectivity index (χ3v) is 2.74. The van der Waals surface area contributed by atoms with Crippen LogP contribution in [0, 0.1) is 0 Å². The Morgan fingerprint density at radius 2 is 1.60 bits per heavy atom. The summed E-state index contributed by atoms with van der Waals surface area (Å²) >= 11 is 0. The van der Waals surface area contributed by atoms with Crippen molar-refractivity contribution in [1.29, 1.82) is 0 Å². The second-order valence-corrected chi connectivity index (χ2v) is 3.83. The van der Waals surface area contributed by atoms with Crippen LogP contribution in [-0.2, 0) is 9.53 Å². The highest BCUT2D eigenvalue weighted by molar-refractivity contribution is 5.85. The fraction of sp³-hybridized carbons (Fsp3) is 0.462. The van der Waals surface area contributed by atoms with Gasteiger partial charge in [-0.3, -0.25) is 4.79 Å². The molecule has 0 amide bonds. The maximum absolute atomic E-state index is 11.3. The molecule has 0 aliphatic heterocycles. The Kier molecular flexibility index (Phi) is 7.79. The van der Waals surface area contributed by atoms with E-state index in [1.165, 1.54) is 21.3 Å². The van der Waals surface area contributed by atoms with E-state index in [1.54, 1.807) is 19.2 Å². The van der Waals surface area contributed by atoms with Gasteiger partial charge < -0.3 is 24.7 Å². The van der Waals surface area contributed by atoms with Crippen molar-refractivity contribution in [1.82, 2.24) is 0 Å². The maximum atomic E-state index is 11.3. The molecule has 1 rings (SSSR count). The summed E-state index contributed by atoms with van der Waals surface area (Å²) in [6.45, 7) is 0. The first kappa shape index (κ1) is 18.3. The zero-order chi connectivity index (χ0) is 14.4. The summed E-state index contributed by atoms with van der Waals surface area (Å²) in [5, 5.41) is 0. The van der Waals surface area contributed by atoms with Crippen LogP contribution in [0.15, 0.2) is 12.1 Å². The van der Waals surface area contributed by atoms with Gasteiger partial charge in [-0.15, -0.1) is 12.4 Å². The topological polar surface area (TPSA) is 80.0 Å². The quantitative estimate of drug-likeness (QED) is 0.806. The smallest absolute Gasteiger partial charge is 0.307 e. The van der Waals surface area contributed by atoms with Gasteiger partial charge in [0.15, 0.2) is 0 Å². The first-order chi connectivity index (χ1) is 9.07. The number of carbonyl (C=O) groups is 1. The minimum absolute atomic E-state index is 0. The van der Waals surface area contributed by atoms with Crippen LogP contribution in [0.1, 0.15) is 18.0 Å². The van der Waals surface area contributed by atoms with E-state index < -0.39 is 12.0 Å². The van der Waals surface area contributed by atoms with Gasteiger partial charge in [0.05, 0.1) is 40.4 Å². The zero-order valence-corrected chi connectivity index (χ0v) is 12.8. The summed E-state index contributed by atoms with van der Waals surface area (Å²) in [6.07, 6.45) is 0.0373. The summed E-state index contributed by atoms with van der Waals surface area (Å²) in [6, 6.07) is 2.80. The van der Waals surface area contributed by atoms with Crippen LogP contribution in [0.5, 0.6) is 17.2 Å². The van der Waals surface area contributed by atoms with E-state index in [2.05, 4.69) is 4.74 Å². The van der Waals surface area contributed by atoms with E-state index in [0.717, 1.165) is 0 Å². The van der Waals surface area contributed by atoms with Crippen molar-refractivity contribution in [3.8, 4) is 17.2 Å². The maximum Gasteiger partial charge on any atom is 0.307 e. The number of nitrogens with two attached hydrogens (primary N) is 1. The largest absolute Gasteiger partial charge is 0.496 e. The van der Waals surface area contributed by atoms with Crippen molar-refractivity contribution >= 4 is 18.4 Å². The standard InChI is InChI=1S/C13H19NO5.ClH/c1-16-8-5-10(17-2)13(11(6-8)18-3)9(14)7-12(15)19-4;/h5-6,9H,7,14H2,1-4H3;1H/t9-;/m0./s1. The van der Waals surface area contributed by atoms with Gasteiger partial charge in [0.1, 0.15) is 17.2 Å². The Balaban J connectivity index is 0.00000361. The summed E-state index contributed by atoms with van der Waals surface area (Å²) in [5.41, 5.74) is 6.62. The second-order valence-electron chi connectivity index (χ2n) is 3.83. The van der Waals surface area contributed by atoms with Gasteiger partial charge in [-0.25, -0.2) is 0 Å². The van der Waals surface area contributed by atoms with Crippen LogP contribution in [0.4, 0.5) is 0 Å². The number of rotatable bonds is 6. The van der Waals surface area contributed by atoms with E-state index in [0.29, 0.717) is 22.8 Å². The molecule has 0 bridgehead atoms. The normalized spacial score (nSPS) is 11.1. The fourth-order valence-corrected chi connectivity index (χ4v) is 1.76. The van der Waals surface area contributed by atoms with Crippen LogP contribution in [0.25, 0.3) is 0 Å². The highest BCUT2D eigenvalue weighted by atomic mass is 35.5. The van der Waals surface area contributed by atoms with Gasteiger partial charge in [-0.05, 0) is 0 Å². The van der Waals surface area contributed by atoms with Gasteiger partial charge in [0.2, 0.25) is 0 Å². The van der Waals surface area contributed by atoms with Gasteiger partial charge in [-0.2, -0.15) is 0 Å². The number of esters is 1. The molecule has 0 aliphatic rings. The second kappa shape index (κ2) is 8.50. The molecule has 7 heteroatoms. The fourth-order valence-electron chi connectivity index (χ4n) is 1.76. The third kappa shape index (κ3) is 4.18. The van der Waals surface area contributed by atoms with E-state index >= 15 is 0 Å². The van der Waals surface area contributed by atoms with Crippen molar-refractivity contribution < 1.29 is 23.7 Å². The molecule has 1 aromatic rings. The molecule has 6 nitrogen and oxygen atoms in total. The lowest BCUT2D eigenvalue weighted by molar-refractivity contribution is -0.141. The minimum Gasteiger partial charge on any atom is -0.496 e.